The molecule has 0 spiro atoms. The molecule has 0 aliphatic heterocycles. The van der Waals surface area contributed by atoms with E-state index in [2.05, 4.69) is 17.2 Å². The van der Waals surface area contributed by atoms with E-state index in [1.54, 1.807) is 6.20 Å². The Bertz CT molecular complexity index is 441. The highest BCUT2D eigenvalue weighted by molar-refractivity contribution is 5.98. The molecular weight excluding hydrogens is 250 g/mol. The molecule has 1 aromatic heterocycles. The molecule has 20 heavy (non-hydrogen) atoms. The van der Waals surface area contributed by atoms with E-state index in [0.29, 0.717) is 17.4 Å². The summed E-state index contributed by atoms with van der Waals surface area (Å²) in [6.45, 7) is 5.62. The molecule has 1 aliphatic rings. The van der Waals surface area contributed by atoms with Gasteiger partial charge in [0.15, 0.2) is 0 Å². The predicted molar refractivity (Wildman–Crippen MR) is 82.0 cm³/mol. The third-order valence-corrected chi connectivity index (χ3v) is 4.00. The van der Waals surface area contributed by atoms with Crippen LogP contribution in [0.4, 0.5) is 5.82 Å². The summed E-state index contributed by atoms with van der Waals surface area (Å²) in [6.07, 6.45) is 7.78. The first-order valence-corrected chi connectivity index (χ1v) is 7.77. The van der Waals surface area contributed by atoms with Crippen molar-refractivity contribution in [3.63, 3.8) is 0 Å². The second-order valence-corrected chi connectivity index (χ2v) is 5.31. The predicted octanol–water partition coefficient (Wildman–Crippen LogP) is 3.31. The lowest BCUT2D eigenvalue weighted by Crippen LogP contribution is -2.41. The van der Waals surface area contributed by atoms with Crippen molar-refractivity contribution in [2.75, 3.05) is 18.4 Å². The van der Waals surface area contributed by atoms with Gasteiger partial charge in [0, 0.05) is 25.3 Å². The van der Waals surface area contributed by atoms with Crippen LogP contribution in [0.3, 0.4) is 0 Å². The van der Waals surface area contributed by atoms with Crippen LogP contribution in [0.5, 0.6) is 0 Å². The second-order valence-electron chi connectivity index (χ2n) is 5.31. The minimum absolute atomic E-state index is 0.114. The molecule has 1 heterocycles. The van der Waals surface area contributed by atoms with Gasteiger partial charge in [-0.05, 0) is 38.8 Å². The van der Waals surface area contributed by atoms with Gasteiger partial charge in [0.1, 0.15) is 5.82 Å². The highest BCUT2D eigenvalue weighted by atomic mass is 16.2. The van der Waals surface area contributed by atoms with E-state index < -0.39 is 0 Å². The Hall–Kier alpha value is -1.58. The molecule has 0 radical (unpaired) electrons. The van der Waals surface area contributed by atoms with Gasteiger partial charge in [0.25, 0.3) is 5.91 Å². The number of aromatic nitrogens is 1. The molecule has 0 bridgehead atoms. The summed E-state index contributed by atoms with van der Waals surface area (Å²) in [5, 5.41) is 3.18. The van der Waals surface area contributed by atoms with Gasteiger partial charge in [-0.3, -0.25) is 4.79 Å². The Morgan fingerprint density at radius 3 is 2.75 bits per heavy atom. The van der Waals surface area contributed by atoms with Gasteiger partial charge >= 0.3 is 0 Å². The van der Waals surface area contributed by atoms with E-state index >= 15 is 0 Å². The van der Waals surface area contributed by atoms with Crippen molar-refractivity contribution in [3.05, 3.63) is 23.9 Å². The van der Waals surface area contributed by atoms with Crippen LogP contribution in [-0.2, 0) is 0 Å². The van der Waals surface area contributed by atoms with Crippen molar-refractivity contribution in [1.82, 2.24) is 9.88 Å². The number of carbonyl (C=O) groups excluding carboxylic acids is 1. The fourth-order valence-corrected chi connectivity index (χ4v) is 3.00. The van der Waals surface area contributed by atoms with Crippen molar-refractivity contribution < 1.29 is 4.79 Å². The van der Waals surface area contributed by atoms with E-state index in [4.69, 9.17) is 0 Å². The maximum absolute atomic E-state index is 12.8. The molecule has 0 atom stereocenters. The third-order valence-electron chi connectivity index (χ3n) is 4.00. The standard InChI is InChI=1S/C16H25N3O/c1-3-17-15-14(11-8-12-18-15)16(20)19(4-2)13-9-6-5-7-10-13/h8,11-13H,3-7,9-10H2,1-2H3,(H,17,18). The Morgan fingerprint density at radius 2 is 2.10 bits per heavy atom. The molecule has 4 nitrogen and oxygen atoms in total. The maximum Gasteiger partial charge on any atom is 0.257 e. The van der Waals surface area contributed by atoms with Gasteiger partial charge in [-0.25, -0.2) is 4.98 Å². The number of rotatable bonds is 5. The molecule has 1 amide bonds. The monoisotopic (exact) mass is 275 g/mol. The minimum atomic E-state index is 0.114. The van der Waals surface area contributed by atoms with Crippen molar-refractivity contribution in [3.8, 4) is 0 Å². The fourth-order valence-electron chi connectivity index (χ4n) is 3.00. The Labute approximate surface area is 121 Å². The lowest BCUT2D eigenvalue weighted by atomic mass is 9.93. The number of pyridine rings is 1. The van der Waals surface area contributed by atoms with Gasteiger partial charge in [0.2, 0.25) is 0 Å². The number of nitrogens with one attached hydrogen (secondary N) is 1. The normalized spacial score (nSPS) is 15.9. The van der Waals surface area contributed by atoms with E-state index in [0.717, 1.165) is 25.9 Å². The first-order chi connectivity index (χ1) is 9.77. The highest BCUT2D eigenvalue weighted by Gasteiger charge is 2.26. The Balaban J connectivity index is 2.19. The highest BCUT2D eigenvalue weighted by Crippen LogP contribution is 2.25. The Kier molecular flexibility index (Phi) is 5.39. The molecule has 1 saturated carbocycles. The number of amides is 1. The van der Waals surface area contributed by atoms with E-state index in [9.17, 15) is 4.79 Å². The molecule has 1 aliphatic carbocycles. The number of carbonyl (C=O) groups is 1. The second kappa shape index (κ2) is 7.27. The third kappa shape index (κ3) is 3.30. The summed E-state index contributed by atoms with van der Waals surface area (Å²) in [7, 11) is 0. The lowest BCUT2D eigenvalue weighted by molar-refractivity contribution is 0.0648. The van der Waals surface area contributed by atoms with Crippen LogP contribution < -0.4 is 5.32 Å². The number of hydrogen-bond acceptors (Lipinski definition) is 3. The molecule has 110 valence electrons. The van der Waals surface area contributed by atoms with Gasteiger partial charge < -0.3 is 10.2 Å². The SMILES string of the molecule is CCNc1ncccc1C(=O)N(CC)C1CCCCC1. The van der Waals surface area contributed by atoms with Crippen molar-refractivity contribution >= 4 is 11.7 Å². The first kappa shape index (κ1) is 14.8. The molecule has 1 fully saturated rings. The van der Waals surface area contributed by atoms with E-state index in [1.165, 1.54) is 19.3 Å². The first-order valence-electron chi connectivity index (χ1n) is 7.77. The van der Waals surface area contributed by atoms with Gasteiger partial charge in [0.05, 0.1) is 5.56 Å². The molecule has 0 unspecified atom stereocenters. The van der Waals surface area contributed by atoms with Gasteiger partial charge in [-0.15, -0.1) is 0 Å². The van der Waals surface area contributed by atoms with Crippen molar-refractivity contribution in [1.29, 1.82) is 0 Å². The molecule has 0 saturated heterocycles. The van der Waals surface area contributed by atoms with Crippen LogP contribution in [0, 0.1) is 0 Å². The molecule has 4 heteroatoms. The molecule has 1 N–H and O–H groups in total. The number of nitrogens with zero attached hydrogens (tertiary/aromatic N) is 2. The quantitative estimate of drug-likeness (QED) is 0.896. The van der Waals surface area contributed by atoms with Gasteiger partial charge in [-0.2, -0.15) is 0 Å². The maximum atomic E-state index is 12.8. The van der Waals surface area contributed by atoms with Gasteiger partial charge in [-0.1, -0.05) is 19.3 Å². The summed E-state index contributed by atoms with van der Waals surface area (Å²) < 4.78 is 0. The van der Waals surface area contributed by atoms with Crippen LogP contribution in [0.15, 0.2) is 18.3 Å². The summed E-state index contributed by atoms with van der Waals surface area (Å²) in [4.78, 5) is 19.1. The van der Waals surface area contributed by atoms with E-state index in [-0.39, 0.29) is 5.91 Å². The van der Waals surface area contributed by atoms with Crippen LogP contribution >= 0.6 is 0 Å². The Morgan fingerprint density at radius 1 is 1.35 bits per heavy atom. The fraction of sp³-hybridized carbons (Fsp3) is 0.625. The molecule has 0 aromatic carbocycles. The average Bonchev–Trinajstić information content (AvgIpc) is 2.50. The molecule has 1 aromatic rings. The topological polar surface area (TPSA) is 45.2 Å². The number of anilines is 1. The summed E-state index contributed by atoms with van der Waals surface area (Å²) in [6, 6.07) is 4.11. The van der Waals surface area contributed by atoms with Crippen LogP contribution in [0.2, 0.25) is 0 Å². The van der Waals surface area contributed by atoms with E-state index in [1.807, 2.05) is 24.0 Å². The summed E-state index contributed by atoms with van der Waals surface area (Å²) in [5.74, 6) is 0.817. The summed E-state index contributed by atoms with van der Waals surface area (Å²) in [5.41, 5.74) is 0.696. The number of hydrogen-bond donors (Lipinski definition) is 1. The zero-order valence-electron chi connectivity index (χ0n) is 12.6. The molecular formula is C16H25N3O. The average molecular weight is 275 g/mol. The largest absolute Gasteiger partial charge is 0.370 e. The molecule has 2 rings (SSSR count). The van der Waals surface area contributed by atoms with Crippen LogP contribution in [-0.4, -0.2) is 34.9 Å². The zero-order valence-corrected chi connectivity index (χ0v) is 12.6. The van der Waals surface area contributed by atoms with Crippen LogP contribution in [0.25, 0.3) is 0 Å². The summed E-state index contributed by atoms with van der Waals surface area (Å²) >= 11 is 0. The van der Waals surface area contributed by atoms with Crippen molar-refractivity contribution in [2.45, 2.75) is 52.0 Å². The minimum Gasteiger partial charge on any atom is -0.370 e. The zero-order chi connectivity index (χ0) is 14.4. The lowest BCUT2D eigenvalue weighted by Gasteiger charge is -2.34. The smallest absolute Gasteiger partial charge is 0.257 e. The van der Waals surface area contributed by atoms with Crippen LogP contribution in [0.1, 0.15) is 56.3 Å². The van der Waals surface area contributed by atoms with Crippen molar-refractivity contribution in [2.24, 2.45) is 0 Å².